The molecule has 16 heavy (non-hydrogen) atoms. The third kappa shape index (κ3) is 311. The van der Waals surface area contributed by atoms with Crippen LogP contribution in [0.4, 0.5) is 0 Å². The van der Waals surface area contributed by atoms with Crippen molar-refractivity contribution in [2.24, 2.45) is 0 Å². The maximum atomic E-state index is 9.56. The van der Waals surface area contributed by atoms with Crippen molar-refractivity contribution in [3.63, 3.8) is 0 Å². The maximum absolute atomic E-state index is 9.56. The van der Waals surface area contributed by atoms with Gasteiger partial charge in [0.2, 0.25) is 0 Å². The minimum absolute atomic E-state index is 0.201. The summed E-state index contributed by atoms with van der Waals surface area (Å²) < 4.78 is 90.1. The minimum Gasteiger partial charge on any atom is -0.286 e. The molecule has 11 nitrogen and oxygen atoms in total. The Balaban J connectivity index is -0.000000160. The maximum Gasteiger partial charge on any atom is 0.394 e. The van der Waals surface area contributed by atoms with E-state index in [2.05, 4.69) is 0 Å². The van der Waals surface area contributed by atoms with Gasteiger partial charge in [0.25, 0.3) is 10.1 Å². The molecule has 0 heterocycles. The largest absolute Gasteiger partial charge is 0.394 e. The first-order valence-electron chi connectivity index (χ1n) is 2.91. The van der Waals surface area contributed by atoms with Gasteiger partial charge in [0.15, 0.2) is 0 Å². The van der Waals surface area contributed by atoms with Gasteiger partial charge in [0.05, 0.1) is 5.75 Å². The quantitative estimate of drug-likeness (QED) is 0.356. The van der Waals surface area contributed by atoms with Crippen LogP contribution in [-0.4, -0.2) is 53.8 Å². The van der Waals surface area contributed by atoms with Gasteiger partial charge in [-0.25, -0.2) is 0 Å². The summed E-state index contributed by atoms with van der Waals surface area (Å²) >= 11 is 0. The third-order valence-electron chi connectivity index (χ3n) is 0.365. The molecule has 0 fully saturated rings. The van der Waals surface area contributed by atoms with Crippen molar-refractivity contribution in [3.8, 4) is 0 Å². The zero-order valence-corrected chi connectivity index (χ0v) is 10.1. The zero-order chi connectivity index (χ0) is 14.2. The fourth-order valence-electron chi connectivity index (χ4n) is 0. The molecule has 0 aliphatic rings. The molecule has 0 radical (unpaired) electrons. The summed E-state index contributed by atoms with van der Waals surface area (Å²) in [5.41, 5.74) is 0. The van der Waals surface area contributed by atoms with Gasteiger partial charge in [-0.1, -0.05) is 0 Å². The summed E-state index contributed by atoms with van der Waals surface area (Å²) in [6.45, 7) is 1.37. The van der Waals surface area contributed by atoms with Crippen LogP contribution in [0.5, 0.6) is 0 Å². The van der Waals surface area contributed by atoms with E-state index in [0.717, 1.165) is 0 Å². The summed E-state index contributed by atoms with van der Waals surface area (Å²) in [6, 6.07) is 0. The Labute approximate surface area is 92.0 Å². The molecule has 0 aromatic carbocycles. The molecule has 0 aliphatic heterocycles. The van der Waals surface area contributed by atoms with Crippen molar-refractivity contribution in [3.05, 3.63) is 0 Å². The second-order valence-electron chi connectivity index (χ2n) is 1.77. The topological polar surface area (TPSA) is 204 Å². The van der Waals surface area contributed by atoms with E-state index in [9.17, 15) is 8.42 Å². The molecular formula is C2H10O11S3. The highest BCUT2D eigenvalue weighted by atomic mass is 32.3. The highest BCUT2D eigenvalue weighted by Crippen LogP contribution is 1.74. The van der Waals surface area contributed by atoms with Crippen LogP contribution in [-0.2, 0) is 30.9 Å². The summed E-state index contributed by atoms with van der Waals surface area (Å²) in [5.74, 6) is -0.201. The lowest BCUT2D eigenvalue weighted by Crippen LogP contribution is -1.97. The smallest absolute Gasteiger partial charge is 0.286 e. The molecule has 14 heteroatoms. The van der Waals surface area contributed by atoms with Crippen LogP contribution in [0.3, 0.4) is 0 Å². The molecule has 0 amide bonds. The molecule has 0 bridgehead atoms. The Bertz CT molecular complexity index is 403. The first kappa shape index (κ1) is 21.0. The van der Waals surface area contributed by atoms with Gasteiger partial charge >= 0.3 is 20.8 Å². The highest BCUT2D eigenvalue weighted by molar-refractivity contribution is 7.85. The Morgan fingerprint density at radius 2 is 0.750 bits per heavy atom. The van der Waals surface area contributed by atoms with Gasteiger partial charge in [-0.3, -0.25) is 22.8 Å². The standard InChI is InChI=1S/C2H6O3S.2H2O4S/c1-2-6(3,4)5;2*1-5(2,3)4/h2H2,1H3,(H,3,4,5);2*(H2,1,2,3,4). The second kappa shape index (κ2) is 7.85. The first-order valence-corrected chi connectivity index (χ1v) is 7.31. The number of hydrogen-bond acceptors (Lipinski definition) is 6. The molecule has 0 aliphatic carbocycles. The monoisotopic (exact) mass is 306 g/mol. The van der Waals surface area contributed by atoms with Crippen LogP contribution in [0.2, 0.25) is 0 Å². The van der Waals surface area contributed by atoms with E-state index in [1.54, 1.807) is 0 Å². The van der Waals surface area contributed by atoms with Crippen LogP contribution in [0.25, 0.3) is 0 Å². The molecule has 0 rings (SSSR count). The van der Waals surface area contributed by atoms with Gasteiger partial charge in [-0.05, 0) is 6.92 Å². The van der Waals surface area contributed by atoms with Crippen molar-refractivity contribution in [1.82, 2.24) is 0 Å². The lowest BCUT2D eigenvalue weighted by atomic mass is 11.0. The van der Waals surface area contributed by atoms with Crippen LogP contribution >= 0.6 is 0 Å². The molecule has 0 saturated carbocycles. The van der Waals surface area contributed by atoms with Gasteiger partial charge in [0.1, 0.15) is 0 Å². The van der Waals surface area contributed by atoms with Gasteiger partial charge in [-0.2, -0.15) is 25.3 Å². The Kier molecular flexibility index (Phi) is 10.3. The van der Waals surface area contributed by atoms with Crippen molar-refractivity contribution in [1.29, 1.82) is 0 Å². The number of hydrogen-bond donors (Lipinski definition) is 5. The van der Waals surface area contributed by atoms with E-state index in [-0.39, 0.29) is 5.75 Å². The van der Waals surface area contributed by atoms with Crippen LogP contribution in [0, 0.1) is 0 Å². The predicted octanol–water partition coefficient (Wildman–Crippen LogP) is -1.41. The molecule has 0 spiro atoms. The molecule has 102 valence electrons. The fourth-order valence-corrected chi connectivity index (χ4v) is 0. The van der Waals surface area contributed by atoms with E-state index >= 15 is 0 Å². The molecular weight excluding hydrogens is 296 g/mol. The van der Waals surface area contributed by atoms with Crippen molar-refractivity contribution >= 4 is 30.9 Å². The highest BCUT2D eigenvalue weighted by Gasteiger charge is 1.93. The van der Waals surface area contributed by atoms with Gasteiger partial charge < -0.3 is 0 Å². The van der Waals surface area contributed by atoms with E-state index in [1.807, 2.05) is 0 Å². The summed E-state index contributed by atoms with van der Waals surface area (Å²) in [5, 5.41) is 0. The lowest BCUT2D eigenvalue weighted by Gasteiger charge is -1.79. The third-order valence-corrected chi connectivity index (χ3v) is 1.09. The predicted molar refractivity (Wildman–Crippen MR) is 50.4 cm³/mol. The second-order valence-corrected chi connectivity index (χ2v) is 5.30. The van der Waals surface area contributed by atoms with Crippen LogP contribution in [0.1, 0.15) is 6.92 Å². The summed E-state index contributed by atoms with van der Waals surface area (Å²) in [6.07, 6.45) is 0. The average molecular weight is 306 g/mol. The average Bonchev–Trinajstić information content (AvgIpc) is 1.77. The van der Waals surface area contributed by atoms with Crippen molar-refractivity contribution < 1.29 is 48.0 Å². The molecule has 0 aromatic rings. The fraction of sp³-hybridized carbons (Fsp3) is 1.00. The molecule has 5 N–H and O–H groups in total. The molecule has 0 saturated heterocycles. The zero-order valence-electron chi connectivity index (χ0n) is 7.62. The van der Waals surface area contributed by atoms with E-state index < -0.39 is 30.9 Å². The van der Waals surface area contributed by atoms with Crippen molar-refractivity contribution in [2.75, 3.05) is 5.75 Å². The normalized spacial score (nSPS) is 11.6. The SMILES string of the molecule is CCS(=O)(=O)O.O=S(=O)(O)O.O=S(=O)(O)O. The van der Waals surface area contributed by atoms with Crippen LogP contribution < -0.4 is 0 Å². The lowest BCUT2D eigenvalue weighted by molar-refractivity contribution is 0.378. The van der Waals surface area contributed by atoms with Crippen molar-refractivity contribution in [2.45, 2.75) is 6.92 Å². The number of rotatable bonds is 1. The Morgan fingerprint density at radius 1 is 0.688 bits per heavy atom. The molecule has 0 unspecified atom stereocenters. The summed E-state index contributed by atoms with van der Waals surface area (Å²) in [7, 11) is -13.0. The van der Waals surface area contributed by atoms with Gasteiger partial charge in [0, 0.05) is 0 Å². The Hall–Kier alpha value is -0.350. The van der Waals surface area contributed by atoms with E-state index in [4.69, 9.17) is 39.6 Å². The molecule has 0 atom stereocenters. The first-order chi connectivity index (χ1) is 6.56. The Morgan fingerprint density at radius 3 is 0.750 bits per heavy atom. The van der Waals surface area contributed by atoms with E-state index in [1.165, 1.54) is 6.92 Å². The minimum atomic E-state index is -4.67. The van der Waals surface area contributed by atoms with E-state index in [0.29, 0.717) is 0 Å². The molecule has 0 aromatic heterocycles. The van der Waals surface area contributed by atoms with Crippen LogP contribution in [0.15, 0.2) is 0 Å². The summed E-state index contributed by atoms with van der Waals surface area (Å²) in [4.78, 5) is 0. The van der Waals surface area contributed by atoms with Gasteiger partial charge in [-0.15, -0.1) is 0 Å².